The molecule has 0 spiro atoms. The summed E-state index contributed by atoms with van der Waals surface area (Å²) in [7, 11) is 0. The summed E-state index contributed by atoms with van der Waals surface area (Å²) in [5.41, 5.74) is 0.298. The van der Waals surface area contributed by atoms with Crippen LogP contribution >= 0.6 is 0 Å². The molecule has 0 aromatic carbocycles. The zero-order valence-electron chi connectivity index (χ0n) is 10.1. The van der Waals surface area contributed by atoms with Crippen LogP contribution in [0.3, 0.4) is 0 Å². The van der Waals surface area contributed by atoms with Crippen LogP contribution in [0.4, 0.5) is 0 Å². The number of aliphatic hydroxyl groups is 1. The first-order chi connectivity index (χ1) is 5.69. The van der Waals surface area contributed by atoms with Gasteiger partial charge in [0.05, 0.1) is 6.10 Å². The number of hydrogen-bond donors (Lipinski definition) is 1. The fourth-order valence-corrected chi connectivity index (χ4v) is 1.67. The van der Waals surface area contributed by atoms with Crippen molar-refractivity contribution in [1.82, 2.24) is 0 Å². The van der Waals surface area contributed by atoms with Gasteiger partial charge in [-0.05, 0) is 23.7 Å². The number of hydrogen-bond acceptors (Lipinski definition) is 1. The second kappa shape index (κ2) is 4.45. The predicted molar refractivity (Wildman–Crippen MR) is 58.8 cm³/mol. The Labute approximate surface area is 83.5 Å². The van der Waals surface area contributed by atoms with Gasteiger partial charge in [0.2, 0.25) is 0 Å². The molecule has 1 unspecified atom stereocenters. The fraction of sp³-hybridized carbons (Fsp3) is 1.00. The number of rotatable bonds is 4. The van der Waals surface area contributed by atoms with Crippen LogP contribution in [0.2, 0.25) is 0 Å². The van der Waals surface area contributed by atoms with Gasteiger partial charge in [-0.25, -0.2) is 0 Å². The molecule has 0 amide bonds. The molecule has 0 aromatic heterocycles. The van der Waals surface area contributed by atoms with Crippen LogP contribution < -0.4 is 0 Å². The molecule has 1 heteroatoms. The van der Waals surface area contributed by atoms with Gasteiger partial charge in [0.15, 0.2) is 0 Å². The third-order valence-electron chi connectivity index (χ3n) is 2.60. The van der Waals surface area contributed by atoms with Crippen LogP contribution in [0.1, 0.15) is 60.8 Å². The molecule has 0 saturated carbocycles. The minimum atomic E-state index is -0.174. The van der Waals surface area contributed by atoms with Crippen LogP contribution in [0.5, 0.6) is 0 Å². The van der Waals surface area contributed by atoms with Gasteiger partial charge in [-0.3, -0.25) is 0 Å². The molecule has 0 radical (unpaired) electrons. The topological polar surface area (TPSA) is 20.2 Å². The third kappa shape index (κ3) is 5.30. The standard InChI is InChI=1S/C12H26O/c1-7-8-12(5,6)10(13)9-11(2,3)4/h10,13H,7-9H2,1-6H3. The maximum absolute atomic E-state index is 10.0. The molecular formula is C12H26O. The molecular weight excluding hydrogens is 160 g/mol. The Balaban J connectivity index is 4.16. The molecule has 0 rings (SSSR count). The SMILES string of the molecule is CCCC(C)(C)C(O)CC(C)(C)C. The maximum atomic E-state index is 10.0. The van der Waals surface area contributed by atoms with E-state index in [4.69, 9.17) is 0 Å². The highest BCUT2D eigenvalue weighted by Crippen LogP contribution is 2.33. The summed E-state index contributed by atoms with van der Waals surface area (Å²) in [6.45, 7) is 13.0. The lowest BCUT2D eigenvalue weighted by Crippen LogP contribution is -2.32. The van der Waals surface area contributed by atoms with E-state index in [1.165, 1.54) is 0 Å². The Hall–Kier alpha value is -0.0400. The lowest BCUT2D eigenvalue weighted by Gasteiger charge is -2.34. The number of aliphatic hydroxyl groups excluding tert-OH is 1. The highest BCUT2D eigenvalue weighted by atomic mass is 16.3. The second-order valence-corrected chi connectivity index (χ2v) is 6.02. The van der Waals surface area contributed by atoms with E-state index >= 15 is 0 Å². The van der Waals surface area contributed by atoms with Crippen molar-refractivity contribution in [2.24, 2.45) is 10.8 Å². The average Bonchev–Trinajstić information content (AvgIpc) is 1.82. The molecule has 0 aliphatic heterocycles. The van der Waals surface area contributed by atoms with Gasteiger partial charge in [0.25, 0.3) is 0 Å². The summed E-state index contributed by atoms with van der Waals surface area (Å²) in [6.07, 6.45) is 2.96. The van der Waals surface area contributed by atoms with Crippen LogP contribution in [-0.4, -0.2) is 11.2 Å². The van der Waals surface area contributed by atoms with E-state index in [1.54, 1.807) is 0 Å². The van der Waals surface area contributed by atoms with Gasteiger partial charge in [-0.1, -0.05) is 48.0 Å². The smallest absolute Gasteiger partial charge is 0.0596 e. The van der Waals surface area contributed by atoms with E-state index in [0.717, 1.165) is 19.3 Å². The van der Waals surface area contributed by atoms with E-state index in [-0.39, 0.29) is 16.9 Å². The molecule has 1 atom stereocenters. The van der Waals surface area contributed by atoms with Gasteiger partial charge in [0, 0.05) is 0 Å². The van der Waals surface area contributed by atoms with Gasteiger partial charge < -0.3 is 5.11 Å². The summed E-state index contributed by atoms with van der Waals surface area (Å²) >= 11 is 0. The summed E-state index contributed by atoms with van der Waals surface area (Å²) in [5, 5.41) is 10.0. The van der Waals surface area contributed by atoms with Gasteiger partial charge >= 0.3 is 0 Å². The summed E-state index contributed by atoms with van der Waals surface area (Å²) in [6, 6.07) is 0. The van der Waals surface area contributed by atoms with Crippen molar-refractivity contribution in [2.45, 2.75) is 66.9 Å². The van der Waals surface area contributed by atoms with Crippen LogP contribution in [0, 0.1) is 10.8 Å². The lowest BCUT2D eigenvalue weighted by atomic mass is 9.75. The highest BCUT2D eigenvalue weighted by Gasteiger charge is 2.30. The van der Waals surface area contributed by atoms with E-state index in [2.05, 4.69) is 41.5 Å². The Morgan fingerprint density at radius 3 is 1.85 bits per heavy atom. The Bertz CT molecular complexity index is 142. The first-order valence-electron chi connectivity index (χ1n) is 5.37. The summed E-state index contributed by atoms with van der Waals surface area (Å²) in [5.74, 6) is 0. The van der Waals surface area contributed by atoms with Crippen molar-refractivity contribution in [3.05, 3.63) is 0 Å². The molecule has 0 bridgehead atoms. The molecule has 1 nitrogen and oxygen atoms in total. The molecule has 13 heavy (non-hydrogen) atoms. The van der Waals surface area contributed by atoms with Crippen molar-refractivity contribution >= 4 is 0 Å². The zero-order chi connectivity index (χ0) is 10.7. The van der Waals surface area contributed by atoms with Crippen molar-refractivity contribution < 1.29 is 5.11 Å². The minimum Gasteiger partial charge on any atom is -0.393 e. The Morgan fingerprint density at radius 2 is 1.54 bits per heavy atom. The van der Waals surface area contributed by atoms with Crippen LogP contribution in [0.25, 0.3) is 0 Å². The largest absolute Gasteiger partial charge is 0.393 e. The van der Waals surface area contributed by atoms with E-state index < -0.39 is 0 Å². The van der Waals surface area contributed by atoms with E-state index in [9.17, 15) is 5.11 Å². The Morgan fingerprint density at radius 1 is 1.08 bits per heavy atom. The second-order valence-electron chi connectivity index (χ2n) is 6.02. The van der Waals surface area contributed by atoms with Crippen molar-refractivity contribution in [3.63, 3.8) is 0 Å². The molecule has 1 N–H and O–H groups in total. The molecule has 0 saturated heterocycles. The molecule has 0 heterocycles. The van der Waals surface area contributed by atoms with Crippen LogP contribution in [-0.2, 0) is 0 Å². The van der Waals surface area contributed by atoms with Gasteiger partial charge in [0.1, 0.15) is 0 Å². The average molecular weight is 186 g/mol. The zero-order valence-corrected chi connectivity index (χ0v) is 10.1. The summed E-state index contributed by atoms with van der Waals surface area (Å²) < 4.78 is 0. The van der Waals surface area contributed by atoms with Crippen LogP contribution in [0.15, 0.2) is 0 Å². The predicted octanol–water partition coefficient (Wildman–Crippen LogP) is 3.61. The molecule has 80 valence electrons. The van der Waals surface area contributed by atoms with E-state index in [0.29, 0.717) is 0 Å². The van der Waals surface area contributed by atoms with Gasteiger partial charge in [-0.15, -0.1) is 0 Å². The van der Waals surface area contributed by atoms with E-state index in [1.807, 2.05) is 0 Å². The molecule has 0 fully saturated rings. The fourth-order valence-electron chi connectivity index (χ4n) is 1.67. The van der Waals surface area contributed by atoms with Crippen molar-refractivity contribution in [2.75, 3.05) is 0 Å². The molecule has 0 aliphatic carbocycles. The normalized spacial score (nSPS) is 15.9. The summed E-state index contributed by atoms with van der Waals surface area (Å²) in [4.78, 5) is 0. The molecule has 0 aromatic rings. The quantitative estimate of drug-likeness (QED) is 0.711. The maximum Gasteiger partial charge on any atom is 0.0596 e. The highest BCUT2D eigenvalue weighted by molar-refractivity contribution is 4.81. The monoisotopic (exact) mass is 186 g/mol. The lowest BCUT2D eigenvalue weighted by molar-refractivity contribution is 0.0122. The van der Waals surface area contributed by atoms with Gasteiger partial charge in [-0.2, -0.15) is 0 Å². The first kappa shape index (κ1) is 13.0. The van der Waals surface area contributed by atoms with Crippen molar-refractivity contribution in [3.8, 4) is 0 Å². The molecule has 0 aliphatic rings. The first-order valence-corrected chi connectivity index (χ1v) is 5.37. The minimum absolute atomic E-state index is 0.0715. The van der Waals surface area contributed by atoms with Crippen molar-refractivity contribution in [1.29, 1.82) is 0 Å². The Kier molecular flexibility index (Phi) is 4.44. The third-order valence-corrected chi connectivity index (χ3v) is 2.60.